The molecule has 11 N–H and O–H groups in total. The Morgan fingerprint density at radius 1 is 0.865 bits per heavy atom. The van der Waals surface area contributed by atoms with Gasteiger partial charge in [0, 0.05) is 19.4 Å². The topological polar surface area (TPSA) is 252 Å². The molecular formula is C23H35N7O7. The number of carbonyl (C=O) groups is 5. The fraction of sp³-hybridized carbons (Fsp3) is 0.478. The second kappa shape index (κ2) is 15.7. The third-order valence-corrected chi connectivity index (χ3v) is 5.17. The molecule has 14 nitrogen and oxygen atoms in total. The number of aliphatic carboxylic acids is 2. The molecule has 0 saturated carbocycles. The SMILES string of the molecule is CC(N)C(=O)NC(CCCN=C(N)N)C(=O)NC(Cc1ccccc1)C(=O)NC(CCC(=O)O)C(=O)O. The van der Waals surface area contributed by atoms with Gasteiger partial charge in [0.2, 0.25) is 17.7 Å². The highest BCUT2D eigenvalue weighted by Gasteiger charge is 2.30. The van der Waals surface area contributed by atoms with Gasteiger partial charge in [-0.25, -0.2) is 4.79 Å². The average Bonchev–Trinajstić information content (AvgIpc) is 2.82. The number of rotatable bonds is 16. The summed E-state index contributed by atoms with van der Waals surface area (Å²) in [7, 11) is 0. The fourth-order valence-electron chi connectivity index (χ4n) is 3.20. The Morgan fingerprint density at radius 3 is 1.97 bits per heavy atom. The van der Waals surface area contributed by atoms with Gasteiger partial charge < -0.3 is 43.4 Å². The van der Waals surface area contributed by atoms with E-state index in [1.165, 1.54) is 6.92 Å². The summed E-state index contributed by atoms with van der Waals surface area (Å²) in [5.74, 6) is -4.88. The van der Waals surface area contributed by atoms with E-state index in [4.69, 9.17) is 22.3 Å². The Balaban J connectivity index is 3.10. The Bertz CT molecular complexity index is 965. The lowest BCUT2D eigenvalue weighted by molar-refractivity contribution is -0.143. The molecule has 4 unspecified atom stereocenters. The summed E-state index contributed by atoms with van der Waals surface area (Å²) in [4.78, 5) is 64.6. The number of nitrogens with zero attached hydrogens (tertiary/aromatic N) is 1. The maximum absolute atomic E-state index is 13.1. The Kier molecular flexibility index (Phi) is 13.1. The Hall–Kier alpha value is -4.20. The zero-order chi connectivity index (χ0) is 28.0. The zero-order valence-electron chi connectivity index (χ0n) is 20.6. The van der Waals surface area contributed by atoms with Crippen molar-refractivity contribution in [1.29, 1.82) is 0 Å². The van der Waals surface area contributed by atoms with E-state index < -0.39 is 60.2 Å². The predicted octanol–water partition coefficient (Wildman–Crippen LogP) is -1.97. The van der Waals surface area contributed by atoms with Crippen LogP contribution in [0, 0.1) is 0 Å². The molecule has 0 aliphatic carbocycles. The standard InChI is InChI=1S/C23H35N7O7/c1-13(24)19(33)28-15(8-5-11-27-23(25)26)20(34)30-17(12-14-6-3-2-4-7-14)21(35)29-16(22(36)37)9-10-18(31)32/h2-4,6-7,13,15-17H,5,8-12,24H2,1H3,(H,28,33)(H,29,35)(H,30,34)(H,31,32)(H,36,37)(H4,25,26,27). The third kappa shape index (κ3) is 12.4. The molecule has 0 aromatic heterocycles. The van der Waals surface area contributed by atoms with Crippen LogP contribution in [0.15, 0.2) is 35.3 Å². The Morgan fingerprint density at radius 2 is 1.43 bits per heavy atom. The highest BCUT2D eigenvalue weighted by molar-refractivity contribution is 5.94. The van der Waals surface area contributed by atoms with E-state index >= 15 is 0 Å². The molecule has 1 rings (SSSR count). The molecule has 4 atom stereocenters. The molecule has 0 radical (unpaired) electrons. The zero-order valence-corrected chi connectivity index (χ0v) is 20.6. The number of carbonyl (C=O) groups excluding carboxylic acids is 3. The van der Waals surface area contributed by atoms with Crippen LogP contribution in [0.3, 0.4) is 0 Å². The van der Waals surface area contributed by atoms with Crippen LogP contribution in [-0.2, 0) is 30.4 Å². The fourth-order valence-corrected chi connectivity index (χ4v) is 3.20. The highest BCUT2D eigenvalue weighted by Crippen LogP contribution is 2.07. The minimum atomic E-state index is -1.48. The maximum atomic E-state index is 13.1. The van der Waals surface area contributed by atoms with E-state index in [9.17, 15) is 29.1 Å². The van der Waals surface area contributed by atoms with E-state index in [0.29, 0.717) is 12.0 Å². The molecule has 0 aliphatic heterocycles. The van der Waals surface area contributed by atoms with Gasteiger partial charge in [-0.1, -0.05) is 30.3 Å². The van der Waals surface area contributed by atoms with Gasteiger partial charge in [0.05, 0.1) is 6.04 Å². The lowest BCUT2D eigenvalue weighted by atomic mass is 10.0. The van der Waals surface area contributed by atoms with E-state index in [0.717, 1.165) is 0 Å². The van der Waals surface area contributed by atoms with Crippen molar-refractivity contribution in [3.8, 4) is 0 Å². The first-order valence-electron chi connectivity index (χ1n) is 11.6. The van der Waals surface area contributed by atoms with Crippen molar-refractivity contribution in [3.05, 3.63) is 35.9 Å². The summed E-state index contributed by atoms with van der Waals surface area (Å²) in [6, 6.07) is 3.97. The molecule has 0 spiro atoms. The highest BCUT2D eigenvalue weighted by atomic mass is 16.4. The number of carboxylic acids is 2. The summed E-state index contributed by atoms with van der Waals surface area (Å²) < 4.78 is 0. The predicted molar refractivity (Wildman–Crippen MR) is 134 cm³/mol. The summed E-state index contributed by atoms with van der Waals surface area (Å²) >= 11 is 0. The quantitative estimate of drug-likeness (QED) is 0.0676. The number of nitrogens with one attached hydrogen (secondary N) is 3. The summed E-state index contributed by atoms with van der Waals surface area (Å²) in [5.41, 5.74) is 16.9. The van der Waals surface area contributed by atoms with Crippen LogP contribution < -0.4 is 33.2 Å². The van der Waals surface area contributed by atoms with Crippen molar-refractivity contribution < 1.29 is 34.2 Å². The van der Waals surface area contributed by atoms with Gasteiger partial charge in [0.1, 0.15) is 18.1 Å². The van der Waals surface area contributed by atoms with Crippen LogP contribution in [0.1, 0.15) is 38.2 Å². The lowest BCUT2D eigenvalue weighted by Gasteiger charge is -2.25. The largest absolute Gasteiger partial charge is 0.481 e. The van der Waals surface area contributed by atoms with Crippen LogP contribution in [0.4, 0.5) is 0 Å². The Labute approximate surface area is 214 Å². The van der Waals surface area contributed by atoms with Crippen molar-refractivity contribution >= 4 is 35.6 Å². The summed E-state index contributed by atoms with van der Waals surface area (Å²) in [6.45, 7) is 1.64. The molecule has 0 bridgehead atoms. The number of benzene rings is 1. The second-order valence-corrected chi connectivity index (χ2v) is 8.38. The molecule has 37 heavy (non-hydrogen) atoms. The molecule has 14 heteroatoms. The van der Waals surface area contributed by atoms with Gasteiger partial charge in [-0.05, 0) is 31.7 Å². The molecule has 1 aromatic rings. The molecule has 0 heterocycles. The van der Waals surface area contributed by atoms with Crippen molar-refractivity contribution in [2.45, 2.75) is 63.2 Å². The van der Waals surface area contributed by atoms with Crippen molar-refractivity contribution in [1.82, 2.24) is 16.0 Å². The first-order valence-corrected chi connectivity index (χ1v) is 11.6. The summed E-state index contributed by atoms with van der Waals surface area (Å²) in [6.07, 6.45) is -0.377. The van der Waals surface area contributed by atoms with Gasteiger partial charge >= 0.3 is 11.9 Å². The van der Waals surface area contributed by atoms with Gasteiger partial charge in [0.15, 0.2) is 5.96 Å². The normalized spacial score (nSPS) is 13.8. The van der Waals surface area contributed by atoms with Gasteiger partial charge in [-0.15, -0.1) is 0 Å². The minimum Gasteiger partial charge on any atom is -0.481 e. The van der Waals surface area contributed by atoms with E-state index in [2.05, 4.69) is 20.9 Å². The first kappa shape index (κ1) is 30.8. The first-order chi connectivity index (χ1) is 17.4. The third-order valence-electron chi connectivity index (χ3n) is 5.17. The van der Waals surface area contributed by atoms with E-state index in [1.807, 2.05) is 0 Å². The average molecular weight is 522 g/mol. The number of hydrogen-bond acceptors (Lipinski definition) is 7. The molecule has 204 valence electrons. The molecule has 0 fully saturated rings. The lowest BCUT2D eigenvalue weighted by Crippen LogP contribution is -2.57. The maximum Gasteiger partial charge on any atom is 0.326 e. The van der Waals surface area contributed by atoms with Crippen LogP contribution in [0.5, 0.6) is 0 Å². The van der Waals surface area contributed by atoms with Crippen LogP contribution in [0.2, 0.25) is 0 Å². The molecule has 0 aliphatic rings. The monoisotopic (exact) mass is 521 g/mol. The van der Waals surface area contributed by atoms with Crippen molar-refractivity contribution in [3.63, 3.8) is 0 Å². The minimum absolute atomic E-state index is 0.00560. The van der Waals surface area contributed by atoms with Crippen LogP contribution in [0.25, 0.3) is 0 Å². The number of carboxylic acid groups (broad SMARTS) is 2. The molecule has 1 aromatic carbocycles. The number of guanidine groups is 1. The number of aliphatic imine (C=N–C) groups is 1. The van der Waals surface area contributed by atoms with Crippen LogP contribution in [-0.4, -0.2) is 76.5 Å². The second-order valence-electron chi connectivity index (χ2n) is 8.38. The van der Waals surface area contributed by atoms with E-state index in [1.54, 1.807) is 30.3 Å². The van der Waals surface area contributed by atoms with Gasteiger partial charge in [-0.3, -0.25) is 24.2 Å². The van der Waals surface area contributed by atoms with Gasteiger partial charge in [-0.2, -0.15) is 0 Å². The molecular weight excluding hydrogens is 486 g/mol. The number of hydrogen-bond donors (Lipinski definition) is 8. The molecule has 0 saturated heterocycles. The van der Waals surface area contributed by atoms with Crippen LogP contribution >= 0.6 is 0 Å². The molecule has 3 amide bonds. The van der Waals surface area contributed by atoms with Crippen molar-refractivity contribution in [2.75, 3.05) is 6.54 Å². The number of amides is 3. The van der Waals surface area contributed by atoms with Crippen molar-refractivity contribution in [2.24, 2.45) is 22.2 Å². The summed E-state index contributed by atoms with van der Waals surface area (Å²) in [5, 5.41) is 25.7. The van der Waals surface area contributed by atoms with E-state index in [-0.39, 0.29) is 31.8 Å². The van der Waals surface area contributed by atoms with Gasteiger partial charge in [0.25, 0.3) is 0 Å². The smallest absolute Gasteiger partial charge is 0.326 e. The number of nitrogens with two attached hydrogens (primary N) is 3.